The second-order valence-corrected chi connectivity index (χ2v) is 3.14. The predicted octanol–water partition coefficient (Wildman–Crippen LogP) is 1.42. The third-order valence-electron chi connectivity index (χ3n) is 1.48. The molecule has 1 heterocycles. The highest BCUT2D eigenvalue weighted by molar-refractivity contribution is 6.35. The number of rotatable bonds is 2. The van der Waals surface area contributed by atoms with Crippen molar-refractivity contribution in [2.75, 3.05) is 14.2 Å². The molecule has 0 fully saturated rings. The first-order valence-electron chi connectivity index (χ1n) is 3.57. The molecule has 0 N–H and O–H groups in total. The Balaban J connectivity index is 3.02. The Kier molecular flexibility index (Phi) is 3.62. The first-order chi connectivity index (χ1) is 6.56. The third kappa shape index (κ3) is 2.31. The lowest BCUT2D eigenvalue weighted by molar-refractivity contribution is -0.0761. The van der Waals surface area contributed by atoms with Gasteiger partial charge in [0, 0.05) is 7.05 Å². The minimum atomic E-state index is -0.485. The van der Waals surface area contributed by atoms with E-state index in [1.165, 1.54) is 20.2 Å². The van der Waals surface area contributed by atoms with E-state index in [4.69, 9.17) is 23.2 Å². The molecule has 1 aromatic heterocycles. The number of hydroxylamine groups is 2. The molecule has 1 amide bonds. The van der Waals surface area contributed by atoms with Crippen LogP contribution in [0.1, 0.15) is 10.5 Å². The van der Waals surface area contributed by atoms with Gasteiger partial charge in [0.25, 0.3) is 5.91 Å². The van der Waals surface area contributed by atoms with Crippen LogP contribution in [-0.4, -0.2) is 35.3 Å². The van der Waals surface area contributed by atoms with E-state index in [1.54, 1.807) is 0 Å². The monoisotopic (exact) mass is 235 g/mol. The van der Waals surface area contributed by atoms with Crippen LogP contribution in [0.3, 0.4) is 0 Å². The molecule has 0 saturated carbocycles. The van der Waals surface area contributed by atoms with Crippen molar-refractivity contribution in [3.63, 3.8) is 0 Å². The lowest BCUT2D eigenvalue weighted by Gasteiger charge is -2.12. The summed E-state index contributed by atoms with van der Waals surface area (Å²) >= 11 is 11.3. The van der Waals surface area contributed by atoms with E-state index in [1.807, 2.05) is 0 Å². The number of carbonyl (C=O) groups excluding carboxylic acids is 1. The van der Waals surface area contributed by atoms with E-state index < -0.39 is 5.91 Å². The Morgan fingerprint density at radius 1 is 1.50 bits per heavy atom. The normalized spacial score (nSPS) is 10.0. The van der Waals surface area contributed by atoms with Gasteiger partial charge in [-0.1, -0.05) is 23.2 Å². The summed E-state index contributed by atoms with van der Waals surface area (Å²) in [5.74, 6) is -0.485. The van der Waals surface area contributed by atoms with Crippen molar-refractivity contribution in [1.29, 1.82) is 0 Å². The largest absolute Gasteiger partial charge is 0.299 e. The van der Waals surface area contributed by atoms with Crippen molar-refractivity contribution in [3.05, 3.63) is 21.9 Å². The lowest BCUT2D eigenvalue weighted by Crippen LogP contribution is -2.26. The van der Waals surface area contributed by atoms with Gasteiger partial charge in [0.2, 0.25) is 0 Å². The number of amides is 1. The molecule has 0 aliphatic carbocycles. The molecule has 1 rings (SSSR count). The number of halogens is 2. The first-order valence-corrected chi connectivity index (χ1v) is 4.32. The van der Waals surface area contributed by atoms with Gasteiger partial charge < -0.3 is 0 Å². The summed E-state index contributed by atoms with van der Waals surface area (Å²) in [4.78, 5) is 16.2. The van der Waals surface area contributed by atoms with E-state index in [0.29, 0.717) is 0 Å². The van der Waals surface area contributed by atoms with Crippen molar-refractivity contribution in [2.24, 2.45) is 0 Å². The second-order valence-electron chi connectivity index (χ2n) is 2.35. The molecule has 0 saturated heterocycles. The molecule has 0 aliphatic heterocycles. The van der Waals surface area contributed by atoms with Crippen LogP contribution in [0.2, 0.25) is 10.2 Å². The molecule has 76 valence electrons. The van der Waals surface area contributed by atoms with Crippen molar-refractivity contribution < 1.29 is 9.63 Å². The van der Waals surface area contributed by atoms with Gasteiger partial charge in [-0.2, -0.15) is 0 Å². The smallest absolute Gasteiger partial charge is 0.274 e. The topological polar surface area (TPSA) is 55.3 Å². The zero-order valence-corrected chi connectivity index (χ0v) is 9.00. The van der Waals surface area contributed by atoms with Crippen LogP contribution in [0.4, 0.5) is 0 Å². The molecule has 5 nitrogen and oxygen atoms in total. The summed E-state index contributed by atoms with van der Waals surface area (Å²) < 4.78 is 0. The Bertz CT molecular complexity index is 359. The first kappa shape index (κ1) is 11.2. The van der Waals surface area contributed by atoms with Crippen molar-refractivity contribution in [1.82, 2.24) is 15.3 Å². The summed E-state index contributed by atoms with van der Waals surface area (Å²) in [6.45, 7) is 0. The summed E-state index contributed by atoms with van der Waals surface area (Å²) in [5, 5.41) is 8.33. The predicted molar refractivity (Wildman–Crippen MR) is 51.2 cm³/mol. The summed E-state index contributed by atoms with van der Waals surface area (Å²) in [7, 11) is 2.80. The third-order valence-corrected chi connectivity index (χ3v) is 1.95. The average molecular weight is 236 g/mol. The SMILES string of the molecule is CON(C)C(=O)c1nnc(Cl)cc1Cl. The van der Waals surface area contributed by atoms with Gasteiger partial charge in [0.05, 0.1) is 12.1 Å². The lowest BCUT2D eigenvalue weighted by atomic mass is 10.3. The molecule has 0 spiro atoms. The van der Waals surface area contributed by atoms with Crippen molar-refractivity contribution in [3.8, 4) is 0 Å². The quantitative estimate of drug-likeness (QED) is 0.728. The molecular weight excluding hydrogens is 229 g/mol. The Morgan fingerprint density at radius 3 is 2.64 bits per heavy atom. The average Bonchev–Trinajstić information content (AvgIpc) is 2.15. The van der Waals surface area contributed by atoms with Crippen molar-refractivity contribution in [2.45, 2.75) is 0 Å². The maximum Gasteiger partial charge on any atom is 0.299 e. The number of aromatic nitrogens is 2. The molecular formula is C7H7Cl2N3O2. The highest BCUT2D eigenvalue weighted by atomic mass is 35.5. The highest BCUT2D eigenvalue weighted by Crippen LogP contribution is 2.17. The van der Waals surface area contributed by atoms with Crippen LogP contribution >= 0.6 is 23.2 Å². The molecule has 0 atom stereocenters. The zero-order valence-electron chi connectivity index (χ0n) is 7.49. The fourth-order valence-corrected chi connectivity index (χ4v) is 1.15. The highest BCUT2D eigenvalue weighted by Gasteiger charge is 2.17. The number of hydrogen-bond donors (Lipinski definition) is 0. The number of nitrogens with zero attached hydrogens (tertiary/aromatic N) is 3. The molecule has 0 aromatic carbocycles. The van der Waals surface area contributed by atoms with Gasteiger partial charge in [-0.05, 0) is 6.07 Å². The van der Waals surface area contributed by atoms with E-state index in [2.05, 4.69) is 15.0 Å². The van der Waals surface area contributed by atoms with Crippen LogP contribution < -0.4 is 0 Å². The molecule has 1 aromatic rings. The minimum Gasteiger partial charge on any atom is -0.274 e. The molecule has 14 heavy (non-hydrogen) atoms. The van der Waals surface area contributed by atoms with Gasteiger partial charge in [-0.15, -0.1) is 10.2 Å². The zero-order chi connectivity index (χ0) is 10.7. The maximum absolute atomic E-state index is 11.5. The maximum atomic E-state index is 11.5. The summed E-state index contributed by atoms with van der Waals surface area (Å²) in [6, 6.07) is 1.34. The van der Waals surface area contributed by atoms with Crippen LogP contribution in [0, 0.1) is 0 Å². The van der Waals surface area contributed by atoms with E-state index >= 15 is 0 Å². The molecule has 7 heteroatoms. The van der Waals surface area contributed by atoms with E-state index in [9.17, 15) is 4.79 Å². The summed E-state index contributed by atoms with van der Waals surface area (Å²) in [5.41, 5.74) is 0.000386. The summed E-state index contributed by atoms with van der Waals surface area (Å²) in [6.07, 6.45) is 0. The van der Waals surface area contributed by atoms with Crippen molar-refractivity contribution >= 4 is 29.1 Å². The fraction of sp³-hybridized carbons (Fsp3) is 0.286. The molecule has 0 radical (unpaired) electrons. The Labute approximate surface area is 90.5 Å². The van der Waals surface area contributed by atoms with Gasteiger partial charge >= 0.3 is 0 Å². The van der Waals surface area contributed by atoms with Gasteiger partial charge in [-0.3, -0.25) is 9.63 Å². The second kappa shape index (κ2) is 4.54. The van der Waals surface area contributed by atoms with Gasteiger partial charge in [-0.25, -0.2) is 5.06 Å². The number of hydrogen-bond acceptors (Lipinski definition) is 4. The van der Waals surface area contributed by atoms with Gasteiger partial charge in [0.1, 0.15) is 0 Å². The van der Waals surface area contributed by atoms with Crippen LogP contribution in [0.15, 0.2) is 6.07 Å². The van der Waals surface area contributed by atoms with E-state index in [-0.39, 0.29) is 15.9 Å². The Morgan fingerprint density at radius 2 is 2.14 bits per heavy atom. The van der Waals surface area contributed by atoms with Crippen LogP contribution in [0.5, 0.6) is 0 Å². The van der Waals surface area contributed by atoms with Crippen LogP contribution in [0.25, 0.3) is 0 Å². The van der Waals surface area contributed by atoms with E-state index in [0.717, 1.165) is 5.06 Å². The Hall–Kier alpha value is -0.910. The minimum absolute atomic E-state index is 0.000386. The molecule has 0 bridgehead atoms. The van der Waals surface area contributed by atoms with Gasteiger partial charge in [0.15, 0.2) is 10.8 Å². The standard InChI is InChI=1S/C7H7Cl2N3O2/c1-12(14-2)7(13)6-4(8)3-5(9)10-11-6/h3H,1-2H3. The number of carbonyl (C=O) groups is 1. The molecule has 0 aliphatic rings. The molecule has 0 unspecified atom stereocenters. The van der Waals surface area contributed by atoms with Crippen LogP contribution in [-0.2, 0) is 4.84 Å². The fourth-order valence-electron chi connectivity index (χ4n) is 0.724.